The fraction of sp³-hybridized carbons (Fsp3) is 0.500. The van der Waals surface area contributed by atoms with Gasteiger partial charge in [-0.3, -0.25) is 4.79 Å². The van der Waals surface area contributed by atoms with Gasteiger partial charge in [-0.2, -0.15) is 13.2 Å². The van der Waals surface area contributed by atoms with E-state index in [-0.39, 0.29) is 19.6 Å². The topological polar surface area (TPSA) is 57.2 Å². The van der Waals surface area contributed by atoms with Crippen LogP contribution in [0.3, 0.4) is 0 Å². The van der Waals surface area contributed by atoms with Crippen LogP contribution >= 0.6 is 0 Å². The molecule has 170 valence electrons. The van der Waals surface area contributed by atoms with Crippen molar-refractivity contribution in [3.05, 3.63) is 61.2 Å². The highest BCUT2D eigenvalue weighted by Crippen LogP contribution is 2.41. The number of carbonyl (C=O) groups excluding carboxylic acids is 1. The van der Waals surface area contributed by atoms with Gasteiger partial charge < -0.3 is 23.8 Å². The maximum atomic E-state index is 13.5. The van der Waals surface area contributed by atoms with E-state index in [1.54, 1.807) is 18.2 Å². The number of alkyl halides is 3. The molecule has 0 saturated carbocycles. The third-order valence-corrected chi connectivity index (χ3v) is 5.42. The molecule has 2 heterocycles. The Balaban J connectivity index is 2.01. The Morgan fingerprint density at radius 2 is 1.94 bits per heavy atom. The summed E-state index contributed by atoms with van der Waals surface area (Å²) >= 11 is 0. The smallest absolute Gasteiger partial charge is 0.355 e. The van der Waals surface area contributed by atoms with Crippen LogP contribution in [0.25, 0.3) is 0 Å². The molecule has 2 saturated heterocycles. The van der Waals surface area contributed by atoms with E-state index in [0.29, 0.717) is 5.56 Å². The molecule has 0 N–H and O–H groups in total. The summed E-state index contributed by atoms with van der Waals surface area (Å²) in [5.41, 5.74) is 0.714. The van der Waals surface area contributed by atoms with Crippen molar-refractivity contribution in [2.45, 2.75) is 43.4 Å². The number of hydrogen-bond acceptors (Lipinski definition) is 5. The molecule has 3 rings (SSSR count). The third-order valence-electron chi connectivity index (χ3n) is 5.42. The minimum Gasteiger partial charge on any atom is -0.355 e. The van der Waals surface area contributed by atoms with Gasteiger partial charge in [-0.15, -0.1) is 13.2 Å². The molecule has 0 spiro atoms. The predicted molar refractivity (Wildman–Crippen MR) is 106 cm³/mol. The van der Waals surface area contributed by atoms with Gasteiger partial charge in [0.05, 0.1) is 12.6 Å². The molecule has 0 radical (unpaired) electrons. The highest BCUT2D eigenvalue weighted by atomic mass is 19.4. The van der Waals surface area contributed by atoms with Crippen molar-refractivity contribution >= 4 is 5.91 Å². The van der Waals surface area contributed by atoms with E-state index in [1.807, 2.05) is 18.2 Å². The zero-order valence-electron chi connectivity index (χ0n) is 17.2. The lowest BCUT2D eigenvalue weighted by Gasteiger charge is -2.52. The molecule has 0 aliphatic carbocycles. The summed E-state index contributed by atoms with van der Waals surface area (Å²) in [6, 6.07) is 8.04. The van der Waals surface area contributed by atoms with E-state index in [1.165, 1.54) is 13.2 Å². The monoisotopic (exact) mass is 441 g/mol. The highest BCUT2D eigenvalue weighted by molar-refractivity contribution is 5.82. The minimum atomic E-state index is -5.05. The number of benzene rings is 1. The second kappa shape index (κ2) is 9.95. The number of amides is 1. The Morgan fingerprint density at radius 3 is 2.52 bits per heavy atom. The van der Waals surface area contributed by atoms with Gasteiger partial charge in [0.1, 0.15) is 12.2 Å². The van der Waals surface area contributed by atoms with Crippen molar-refractivity contribution in [2.75, 3.05) is 20.3 Å². The fourth-order valence-electron chi connectivity index (χ4n) is 4.15. The molecule has 2 aliphatic heterocycles. The second-order valence-electron chi connectivity index (χ2n) is 7.38. The highest BCUT2D eigenvalue weighted by Gasteiger charge is 2.55. The summed E-state index contributed by atoms with van der Waals surface area (Å²) in [5, 5.41) is 0. The van der Waals surface area contributed by atoms with E-state index in [2.05, 4.69) is 13.2 Å². The number of methoxy groups -OCH3 is 1. The van der Waals surface area contributed by atoms with E-state index in [4.69, 9.17) is 18.9 Å². The van der Waals surface area contributed by atoms with Crippen LogP contribution in [-0.4, -0.2) is 61.8 Å². The van der Waals surface area contributed by atoms with Gasteiger partial charge >= 0.3 is 12.1 Å². The van der Waals surface area contributed by atoms with Crippen molar-refractivity contribution in [1.82, 2.24) is 4.90 Å². The summed E-state index contributed by atoms with van der Waals surface area (Å²) in [7, 11) is 1.40. The number of allylic oxidation sites excluding steroid dienone is 1. The van der Waals surface area contributed by atoms with Gasteiger partial charge in [0.25, 0.3) is 0 Å². The van der Waals surface area contributed by atoms with Crippen LogP contribution in [0.5, 0.6) is 0 Å². The molecule has 0 aromatic heterocycles. The molecule has 6 atom stereocenters. The fourth-order valence-corrected chi connectivity index (χ4v) is 4.15. The van der Waals surface area contributed by atoms with Gasteiger partial charge in [0, 0.05) is 25.1 Å². The first kappa shape index (κ1) is 23.5. The molecule has 31 heavy (non-hydrogen) atoms. The molecular formula is C22H26F3NO5. The zero-order chi connectivity index (χ0) is 22.6. The summed E-state index contributed by atoms with van der Waals surface area (Å²) in [5.74, 6) is -2.60. The minimum absolute atomic E-state index is 0.0730. The van der Waals surface area contributed by atoms with Crippen molar-refractivity contribution < 1.29 is 36.9 Å². The van der Waals surface area contributed by atoms with Crippen LogP contribution in [0.15, 0.2) is 55.6 Å². The number of carbonyl (C=O) groups is 1. The van der Waals surface area contributed by atoms with Crippen LogP contribution < -0.4 is 0 Å². The van der Waals surface area contributed by atoms with Crippen LogP contribution in [0, 0.1) is 5.92 Å². The summed E-state index contributed by atoms with van der Waals surface area (Å²) in [4.78, 5) is 13.1. The van der Waals surface area contributed by atoms with Crippen molar-refractivity contribution in [2.24, 2.45) is 5.92 Å². The van der Waals surface area contributed by atoms with Crippen molar-refractivity contribution in [1.29, 1.82) is 0 Å². The molecule has 2 aliphatic rings. The number of nitrogens with zero attached hydrogens (tertiary/aromatic N) is 1. The molecule has 0 bridgehead atoms. The molecule has 2 fully saturated rings. The zero-order valence-corrected chi connectivity index (χ0v) is 17.2. The van der Waals surface area contributed by atoms with Gasteiger partial charge in [-0.05, 0) is 6.42 Å². The van der Waals surface area contributed by atoms with E-state index in [0.717, 1.165) is 4.90 Å². The quantitative estimate of drug-likeness (QED) is 0.605. The Kier molecular flexibility index (Phi) is 7.53. The van der Waals surface area contributed by atoms with Crippen LogP contribution in [-0.2, 0) is 23.7 Å². The van der Waals surface area contributed by atoms with Crippen LogP contribution in [0.2, 0.25) is 0 Å². The van der Waals surface area contributed by atoms with Crippen LogP contribution in [0.1, 0.15) is 18.3 Å². The van der Waals surface area contributed by atoms with E-state index in [9.17, 15) is 18.0 Å². The first-order valence-corrected chi connectivity index (χ1v) is 9.91. The predicted octanol–water partition coefficient (Wildman–Crippen LogP) is 3.61. The maximum absolute atomic E-state index is 13.5. The molecule has 1 unspecified atom stereocenters. The van der Waals surface area contributed by atoms with E-state index < -0.39 is 48.8 Å². The lowest BCUT2D eigenvalue weighted by Crippen LogP contribution is -2.66. The largest absolute Gasteiger partial charge is 0.471 e. The lowest BCUT2D eigenvalue weighted by molar-refractivity contribution is -0.341. The number of halogens is 3. The number of hydrogen-bond donors (Lipinski definition) is 0. The molecule has 1 amide bonds. The average molecular weight is 441 g/mol. The second-order valence-corrected chi connectivity index (χ2v) is 7.38. The maximum Gasteiger partial charge on any atom is 0.471 e. The summed E-state index contributed by atoms with van der Waals surface area (Å²) < 4.78 is 63.6. The van der Waals surface area contributed by atoms with Gasteiger partial charge in [0.2, 0.25) is 0 Å². The van der Waals surface area contributed by atoms with Crippen LogP contribution in [0.4, 0.5) is 13.2 Å². The number of rotatable bonds is 7. The Hall–Kier alpha value is -2.20. The first-order chi connectivity index (χ1) is 14.8. The lowest BCUT2D eigenvalue weighted by atomic mass is 9.84. The molecular weight excluding hydrogens is 415 g/mol. The number of fused-ring (bicyclic) bond motifs is 1. The van der Waals surface area contributed by atoms with Crippen molar-refractivity contribution in [3.8, 4) is 0 Å². The number of ether oxygens (including phenoxy) is 4. The Morgan fingerprint density at radius 1 is 1.23 bits per heavy atom. The third kappa shape index (κ3) is 5.01. The standard InChI is InChI=1S/C22H26F3NO5/c1-4-9-15-17(26(12-5-2)21(27)22(23,24)25)18-16(30-20(15)28-3)13-29-19(31-18)14-10-7-6-8-11-14/h4-8,10-11,15-20H,1-2,9,12-13H2,3H3/t15-,16-,17+,18-,19?,20+/m1/s1. The van der Waals surface area contributed by atoms with Gasteiger partial charge in [-0.1, -0.05) is 42.5 Å². The Bertz CT molecular complexity index is 772. The first-order valence-electron chi connectivity index (χ1n) is 9.91. The normalized spacial score (nSPS) is 30.8. The summed E-state index contributed by atoms with van der Waals surface area (Å²) in [6.45, 7) is 6.99. The molecule has 1 aromatic carbocycles. The molecule has 1 aromatic rings. The Labute approximate surface area is 179 Å². The molecule has 6 nitrogen and oxygen atoms in total. The van der Waals surface area contributed by atoms with Crippen molar-refractivity contribution in [3.63, 3.8) is 0 Å². The summed E-state index contributed by atoms with van der Waals surface area (Å²) in [6.07, 6.45) is -5.24. The van der Waals surface area contributed by atoms with E-state index >= 15 is 0 Å². The average Bonchev–Trinajstić information content (AvgIpc) is 2.76. The molecule has 9 heteroatoms. The van der Waals surface area contributed by atoms with Gasteiger partial charge in [0.15, 0.2) is 12.6 Å². The van der Waals surface area contributed by atoms with Gasteiger partial charge in [-0.25, -0.2) is 0 Å². The SMILES string of the molecule is C=CC[C@H]1[C@@H](OC)O[C@@H]2COC(c3ccccc3)O[C@H]2[C@H]1N(CC=C)C(=O)C(F)(F)F.